The molecule has 0 spiro atoms. The topological polar surface area (TPSA) is 49.4 Å². The maximum absolute atomic E-state index is 12.7. The van der Waals surface area contributed by atoms with E-state index < -0.39 is 0 Å². The molecule has 1 aliphatic carbocycles. The smallest absolute Gasteiger partial charge is 0.245 e. The zero-order chi connectivity index (χ0) is 14.7. The molecule has 114 valence electrons. The van der Waals surface area contributed by atoms with Crippen molar-refractivity contribution in [2.24, 2.45) is 5.92 Å². The van der Waals surface area contributed by atoms with Crippen molar-refractivity contribution in [2.75, 3.05) is 12.8 Å². The Bertz CT molecular complexity index is 365. The van der Waals surface area contributed by atoms with Crippen molar-refractivity contribution in [2.45, 2.75) is 63.3 Å². The SMILES string of the molecule is CSC1CCC(N2CCC(=O)NC(C(C)C)C2=O)CC1. The number of thioether (sulfide) groups is 1. The molecule has 1 unspecified atom stereocenters. The lowest BCUT2D eigenvalue weighted by atomic mass is 9.92. The van der Waals surface area contributed by atoms with Gasteiger partial charge in [-0.3, -0.25) is 9.59 Å². The summed E-state index contributed by atoms with van der Waals surface area (Å²) in [5, 5.41) is 3.63. The van der Waals surface area contributed by atoms with Gasteiger partial charge in [-0.25, -0.2) is 0 Å². The van der Waals surface area contributed by atoms with Crippen molar-refractivity contribution < 1.29 is 9.59 Å². The molecule has 20 heavy (non-hydrogen) atoms. The molecule has 1 atom stereocenters. The highest BCUT2D eigenvalue weighted by molar-refractivity contribution is 7.99. The fourth-order valence-corrected chi connectivity index (χ4v) is 3.97. The van der Waals surface area contributed by atoms with Gasteiger partial charge >= 0.3 is 0 Å². The molecule has 1 aliphatic heterocycles. The molecule has 2 rings (SSSR count). The Morgan fingerprint density at radius 1 is 1.20 bits per heavy atom. The van der Waals surface area contributed by atoms with Gasteiger partial charge in [0.25, 0.3) is 0 Å². The van der Waals surface area contributed by atoms with E-state index in [0.717, 1.165) is 18.1 Å². The maximum Gasteiger partial charge on any atom is 0.245 e. The minimum Gasteiger partial charge on any atom is -0.344 e. The van der Waals surface area contributed by atoms with Crippen molar-refractivity contribution in [3.8, 4) is 0 Å². The third-order valence-corrected chi connectivity index (χ3v) is 5.67. The first kappa shape index (κ1) is 15.7. The predicted octanol–water partition coefficient (Wildman–Crippen LogP) is 2.03. The normalized spacial score (nSPS) is 32.2. The molecule has 1 heterocycles. The van der Waals surface area contributed by atoms with Gasteiger partial charge in [0.2, 0.25) is 11.8 Å². The first-order valence-electron chi connectivity index (χ1n) is 7.65. The lowest BCUT2D eigenvalue weighted by molar-refractivity contribution is -0.137. The lowest BCUT2D eigenvalue weighted by Crippen LogP contribution is -2.51. The van der Waals surface area contributed by atoms with Crippen LogP contribution in [0.15, 0.2) is 0 Å². The van der Waals surface area contributed by atoms with Gasteiger partial charge in [-0.05, 0) is 37.9 Å². The second kappa shape index (κ2) is 6.83. The molecular formula is C15H26N2O2S. The van der Waals surface area contributed by atoms with Gasteiger partial charge in [-0.2, -0.15) is 11.8 Å². The third kappa shape index (κ3) is 3.48. The van der Waals surface area contributed by atoms with E-state index in [1.54, 1.807) is 0 Å². The van der Waals surface area contributed by atoms with Crippen LogP contribution >= 0.6 is 11.8 Å². The molecule has 2 amide bonds. The number of hydrogen-bond donors (Lipinski definition) is 1. The van der Waals surface area contributed by atoms with E-state index in [4.69, 9.17) is 0 Å². The zero-order valence-electron chi connectivity index (χ0n) is 12.7. The Kier molecular flexibility index (Phi) is 5.35. The van der Waals surface area contributed by atoms with E-state index in [-0.39, 0.29) is 23.8 Å². The van der Waals surface area contributed by atoms with Gasteiger partial charge in [0.1, 0.15) is 6.04 Å². The monoisotopic (exact) mass is 298 g/mol. The summed E-state index contributed by atoms with van der Waals surface area (Å²) in [7, 11) is 0. The largest absolute Gasteiger partial charge is 0.344 e. The van der Waals surface area contributed by atoms with Crippen molar-refractivity contribution >= 4 is 23.6 Å². The van der Waals surface area contributed by atoms with Crippen LogP contribution in [-0.4, -0.2) is 46.8 Å². The van der Waals surface area contributed by atoms with Gasteiger partial charge in [-0.15, -0.1) is 0 Å². The van der Waals surface area contributed by atoms with Gasteiger partial charge in [0.05, 0.1) is 0 Å². The zero-order valence-corrected chi connectivity index (χ0v) is 13.5. The molecule has 1 N–H and O–H groups in total. The van der Waals surface area contributed by atoms with Crippen LogP contribution in [0.1, 0.15) is 46.0 Å². The first-order chi connectivity index (χ1) is 9.52. The summed E-state index contributed by atoms with van der Waals surface area (Å²) in [4.78, 5) is 26.5. The van der Waals surface area contributed by atoms with Crippen LogP contribution in [0.5, 0.6) is 0 Å². The van der Waals surface area contributed by atoms with Crippen LogP contribution in [0.3, 0.4) is 0 Å². The number of hydrogen-bond acceptors (Lipinski definition) is 3. The average Bonchev–Trinajstić information content (AvgIpc) is 2.59. The van der Waals surface area contributed by atoms with Gasteiger partial charge in [-0.1, -0.05) is 13.8 Å². The van der Waals surface area contributed by atoms with Crippen molar-refractivity contribution in [3.05, 3.63) is 0 Å². The van der Waals surface area contributed by atoms with Gasteiger partial charge < -0.3 is 10.2 Å². The van der Waals surface area contributed by atoms with E-state index in [0.29, 0.717) is 19.0 Å². The van der Waals surface area contributed by atoms with Crippen LogP contribution in [0.25, 0.3) is 0 Å². The molecule has 0 aromatic rings. The Morgan fingerprint density at radius 3 is 2.40 bits per heavy atom. The number of carbonyl (C=O) groups excluding carboxylic acids is 2. The molecule has 4 nitrogen and oxygen atoms in total. The van der Waals surface area contributed by atoms with E-state index in [1.165, 1.54) is 12.8 Å². The highest BCUT2D eigenvalue weighted by Crippen LogP contribution is 2.30. The third-order valence-electron chi connectivity index (χ3n) is 4.53. The average molecular weight is 298 g/mol. The van der Waals surface area contributed by atoms with Crippen LogP contribution in [0.4, 0.5) is 0 Å². The van der Waals surface area contributed by atoms with Gasteiger partial charge in [0, 0.05) is 24.3 Å². The first-order valence-corrected chi connectivity index (χ1v) is 8.94. The predicted molar refractivity (Wildman–Crippen MR) is 82.7 cm³/mol. The Labute approximate surface area is 126 Å². The maximum atomic E-state index is 12.7. The quantitative estimate of drug-likeness (QED) is 0.867. The summed E-state index contributed by atoms with van der Waals surface area (Å²) in [6, 6.07) is -0.0110. The molecule has 0 bridgehead atoms. The molecule has 0 aromatic heterocycles. The lowest BCUT2D eigenvalue weighted by Gasteiger charge is -2.37. The minimum atomic E-state index is -0.344. The highest BCUT2D eigenvalue weighted by atomic mass is 32.2. The summed E-state index contributed by atoms with van der Waals surface area (Å²) in [6.45, 7) is 4.58. The number of nitrogens with one attached hydrogen (secondary N) is 1. The van der Waals surface area contributed by atoms with E-state index >= 15 is 0 Å². The standard InChI is InChI=1S/C15H26N2O2S/c1-10(2)14-15(19)17(9-8-13(18)16-14)11-4-6-12(20-3)7-5-11/h10-12,14H,4-9H2,1-3H3,(H,16,18). The second-order valence-corrected chi connectivity index (χ2v) is 7.38. The summed E-state index contributed by atoms with van der Waals surface area (Å²) >= 11 is 1.94. The molecule has 0 aromatic carbocycles. The molecule has 1 saturated carbocycles. The van der Waals surface area contributed by atoms with Gasteiger partial charge in [0.15, 0.2) is 0 Å². The fraction of sp³-hybridized carbons (Fsp3) is 0.867. The van der Waals surface area contributed by atoms with Crippen LogP contribution in [0.2, 0.25) is 0 Å². The summed E-state index contributed by atoms with van der Waals surface area (Å²) in [6.07, 6.45) is 7.13. The van der Waals surface area contributed by atoms with Crippen LogP contribution in [0, 0.1) is 5.92 Å². The second-order valence-electron chi connectivity index (χ2n) is 6.24. The van der Waals surface area contributed by atoms with E-state index in [9.17, 15) is 9.59 Å². The minimum absolute atomic E-state index is 0.0114. The number of nitrogens with zero attached hydrogens (tertiary/aromatic N) is 1. The number of rotatable bonds is 3. The summed E-state index contributed by atoms with van der Waals surface area (Å²) in [5.41, 5.74) is 0. The highest BCUT2D eigenvalue weighted by Gasteiger charge is 2.36. The Hall–Kier alpha value is -0.710. The van der Waals surface area contributed by atoms with Crippen LogP contribution in [-0.2, 0) is 9.59 Å². The molecule has 0 radical (unpaired) electrons. The molecule has 2 fully saturated rings. The summed E-state index contributed by atoms with van der Waals surface area (Å²) < 4.78 is 0. The van der Waals surface area contributed by atoms with Crippen molar-refractivity contribution in [1.82, 2.24) is 10.2 Å². The van der Waals surface area contributed by atoms with Crippen LogP contribution < -0.4 is 5.32 Å². The van der Waals surface area contributed by atoms with E-state index in [2.05, 4.69) is 11.6 Å². The fourth-order valence-electron chi connectivity index (χ4n) is 3.23. The summed E-state index contributed by atoms with van der Waals surface area (Å²) in [5.74, 6) is 0.283. The Morgan fingerprint density at radius 2 is 1.85 bits per heavy atom. The Balaban J connectivity index is 2.06. The molecule has 5 heteroatoms. The molecule has 1 saturated heterocycles. The number of carbonyl (C=O) groups is 2. The van der Waals surface area contributed by atoms with E-state index in [1.807, 2.05) is 30.5 Å². The van der Waals surface area contributed by atoms with Crippen molar-refractivity contribution in [3.63, 3.8) is 0 Å². The van der Waals surface area contributed by atoms with Crippen molar-refractivity contribution in [1.29, 1.82) is 0 Å². The molecular weight excluding hydrogens is 272 g/mol. The number of amides is 2. The molecule has 2 aliphatic rings.